The van der Waals surface area contributed by atoms with E-state index in [0.717, 1.165) is 31.2 Å². The molecule has 1 saturated carbocycles. The van der Waals surface area contributed by atoms with Crippen LogP contribution in [0, 0.1) is 5.41 Å². The molecule has 4 N–H and O–H groups in total. The molecular weight excluding hydrogens is 386 g/mol. The van der Waals surface area contributed by atoms with E-state index in [0.29, 0.717) is 6.54 Å². The molecule has 2 atom stereocenters. The summed E-state index contributed by atoms with van der Waals surface area (Å²) < 4.78 is 0. The Balaban J connectivity index is 1.81. The van der Waals surface area contributed by atoms with Gasteiger partial charge in [-0.25, -0.2) is 5.06 Å². The predicted molar refractivity (Wildman–Crippen MR) is 111 cm³/mol. The number of rotatable bonds is 10. The van der Waals surface area contributed by atoms with E-state index in [2.05, 4.69) is 10.6 Å². The number of aliphatic hydroxyl groups is 1. The van der Waals surface area contributed by atoms with E-state index in [1.165, 1.54) is 0 Å². The molecule has 8 heteroatoms. The lowest BCUT2D eigenvalue weighted by Crippen LogP contribution is -2.57. The highest BCUT2D eigenvalue weighted by Crippen LogP contribution is 2.26. The van der Waals surface area contributed by atoms with Crippen molar-refractivity contribution in [1.82, 2.24) is 15.7 Å². The van der Waals surface area contributed by atoms with Gasteiger partial charge in [0.25, 0.3) is 5.91 Å². The van der Waals surface area contributed by atoms with E-state index in [1.54, 1.807) is 20.8 Å². The van der Waals surface area contributed by atoms with Crippen LogP contribution >= 0.6 is 0 Å². The van der Waals surface area contributed by atoms with Gasteiger partial charge in [0, 0.05) is 12.6 Å². The van der Waals surface area contributed by atoms with Crippen molar-refractivity contribution in [2.24, 2.45) is 5.41 Å². The molecule has 0 aromatic heterocycles. The first-order chi connectivity index (χ1) is 14.1. The van der Waals surface area contributed by atoms with Crippen molar-refractivity contribution in [2.75, 3.05) is 6.54 Å². The van der Waals surface area contributed by atoms with Crippen LogP contribution < -0.4 is 10.6 Å². The number of carbonyl (C=O) groups excluding carboxylic acids is 3. The fourth-order valence-electron chi connectivity index (χ4n) is 3.16. The summed E-state index contributed by atoms with van der Waals surface area (Å²) in [7, 11) is 0. The molecule has 1 aliphatic rings. The lowest BCUT2D eigenvalue weighted by atomic mass is 9.85. The van der Waals surface area contributed by atoms with Gasteiger partial charge in [-0.3, -0.25) is 19.6 Å². The van der Waals surface area contributed by atoms with Crippen molar-refractivity contribution < 1.29 is 24.7 Å². The molecule has 2 rings (SSSR count). The smallest absolute Gasteiger partial charge is 0.276 e. The normalized spacial score (nSPS) is 15.8. The maximum absolute atomic E-state index is 12.5. The number of aryl methyl sites for hydroxylation is 1. The second-order valence-electron chi connectivity index (χ2n) is 8.89. The zero-order valence-corrected chi connectivity index (χ0v) is 17.9. The van der Waals surface area contributed by atoms with Crippen LogP contribution in [0.5, 0.6) is 0 Å². The summed E-state index contributed by atoms with van der Waals surface area (Å²) in [6.45, 7) is 5.55. The number of aliphatic hydroxyl groups excluding tert-OH is 1. The molecule has 166 valence electrons. The zero-order valence-electron chi connectivity index (χ0n) is 17.9. The quantitative estimate of drug-likeness (QED) is 0.260. The molecule has 1 aliphatic carbocycles. The maximum atomic E-state index is 12.5. The third kappa shape index (κ3) is 7.42. The van der Waals surface area contributed by atoms with Crippen LogP contribution in [0.2, 0.25) is 0 Å². The fraction of sp³-hybridized carbons (Fsp3) is 0.591. The standard InChI is InChI=1S/C22H33N3O5/c1-22(2,3)19(20(28)24-16-11-12-16)25(30)21(29)17(26)14-18(27)23-13-7-10-15-8-5-4-6-9-15/h4-6,8-9,16-17,19,26,30H,7,10-14H2,1-3H3,(H,23,27)(H,24,28)/t17-,19+/m0/s1. The molecule has 30 heavy (non-hydrogen) atoms. The molecule has 0 saturated heterocycles. The van der Waals surface area contributed by atoms with Gasteiger partial charge >= 0.3 is 0 Å². The van der Waals surface area contributed by atoms with E-state index in [9.17, 15) is 24.7 Å². The second-order valence-corrected chi connectivity index (χ2v) is 8.89. The van der Waals surface area contributed by atoms with E-state index < -0.39 is 41.7 Å². The van der Waals surface area contributed by atoms with Crippen LogP contribution in [0.25, 0.3) is 0 Å². The summed E-state index contributed by atoms with van der Waals surface area (Å²) >= 11 is 0. The highest BCUT2D eigenvalue weighted by atomic mass is 16.5. The Hall–Kier alpha value is -2.45. The van der Waals surface area contributed by atoms with Crippen molar-refractivity contribution in [3.63, 3.8) is 0 Å². The molecule has 0 spiro atoms. The number of hydrogen-bond donors (Lipinski definition) is 4. The average Bonchev–Trinajstić information content (AvgIpc) is 3.48. The van der Waals surface area contributed by atoms with Gasteiger partial charge in [0.2, 0.25) is 11.8 Å². The first kappa shape index (κ1) is 23.8. The summed E-state index contributed by atoms with van der Waals surface area (Å²) in [5, 5.41) is 26.2. The molecule has 0 bridgehead atoms. The molecule has 1 aromatic carbocycles. The summed E-state index contributed by atoms with van der Waals surface area (Å²) in [6, 6.07) is 8.74. The van der Waals surface area contributed by atoms with Crippen LogP contribution in [-0.4, -0.2) is 57.8 Å². The lowest BCUT2D eigenvalue weighted by molar-refractivity contribution is -0.197. The summed E-state index contributed by atoms with van der Waals surface area (Å²) in [6.07, 6.45) is 1.05. The third-order valence-corrected chi connectivity index (χ3v) is 4.93. The van der Waals surface area contributed by atoms with Gasteiger partial charge in [0.1, 0.15) is 12.1 Å². The Kier molecular flexibility index (Phi) is 8.37. The van der Waals surface area contributed by atoms with Gasteiger partial charge < -0.3 is 15.7 Å². The molecule has 0 radical (unpaired) electrons. The van der Waals surface area contributed by atoms with Crippen LogP contribution in [0.3, 0.4) is 0 Å². The monoisotopic (exact) mass is 419 g/mol. The first-order valence-corrected chi connectivity index (χ1v) is 10.4. The Morgan fingerprint density at radius 3 is 2.37 bits per heavy atom. The number of benzene rings is 1. The van der Waals surface area contributed by atoms with Crippen LogP contribution in [0.1, 0.15) is 52.0 Å². The molecule has 3 amide bonds. The summed E-state index contributed by atoms with van der Waals surface area (Å²) in [4.78, 5) is 37.0. The van der Waals surface area contributed by atoms with E-state index in [1.807, 2.05) is 30.3 Å². The fourth-order valence-corrected chi connectivity index (χ4v) is 3.16. The van der Waals surface area contributed by atoms with E-state index >= 15 is 0 Å². The average molecular weight is 420 g/mol. The van der Waals surface area contributed by atoms with Crippen molar-refractivity contribution in [3.8, 4) is 0 Å². The van der Waals surface area contributed by atoms with Crippen molar-refractivity contribution in [1.29, 1.82) is 0 Å². The number of carbonyl (C=O) groups is 3. The Labute approximate surface area is 177 Å². The lowest BCUT2D eigenvalue weighted by Gasteiger charge is -2.35. The SMILES string of the molecule is CC(C)(C)[C@@H](C(=O)NC1CC1)N(O)C(=O)[C@@H](O)CC(=O)NCCCc1ccccc1. The number of amides is 3. The Bertz CT molecular complexity index is 728. The summed E-state index contributed by atoms with van der Waals surface area (Å²) in [5.74, 6) is -2.04. The van der Waals surface area contributed by atoms with Gasteiger partial charge in [-0.1, -0.05) is 51.1 Å². The van der Waals surface area contributed by atoms with Gasteiger partial charge in [-0.15, -0.1) is 0 Å². The predicted octanol–water partition coefficient (Wildman–Crippen LogP) is 1.40. The van der Waals surface area contributed by atoms with E-state index in [-0.39, 0.29) is 11.1 Å². The minimum Gasteiger partial charge on any atom is -0.383 e. The topological polar surface area (TPSA) is 119 Å². The van der Waals surface area contributed by atoms with Crippen molar-refractivity contribution >= 4 is 17.7 Å². The minimum absolute atomic E-state index is 0.0671. The van der Waals surface area contributed by atoms with Crippen molar-refractivity contribution in [3.05, 3.63) is 35.9 Å². The maximum Gasteiger partial charge on any atom is 0.276 e. The molecule has 0 heterocycles. The molecule has 1 aromatic rings. The van der Waals surface area contributed by atoms with Gasteiger partial charge in [-0.2, -0.15) is 0 Å². The highest BCUT2D eigenvalue weighted by molar-refractivity contribution is 5.91. The Morgan fingerprint density at radius 2 is 1.80 bits per heavy atom. The third-order valence-electron chi connectivity index (χ3n) is 4.93. The number of hydrogen-bond acceptors (Lipinski definition) is 5. The first-order valence-electron chi connectivity index (χ1n) is 10.4. The molecule has 0 unspecified atom stereocenters. The van der Waals surface area contributed by atoms with Gasteiger partial charge in [0.05, 0.1) is 6.42 Å². The molecule has 1 fully saturated rings. The molecule has 8 nitrogen and oxygen atoms in total. The minimum atomic E-state index is -1.73. The number of nitrogens with one attached hydrogen (secondary N) is 2. The highest BCUT2D eigenvalue weighted by Gasteiger charge is 2.42. The largest absolute Gasteiger partial charge is 0.383 e. The van der Waals surface area contributed by atoms with Gasteiger partial charge in [-0.05, 0) is 36.7 Å². The summed E-state index contributed by atoms with van der Waals surface area (Å²) in [5.41, 5.74) is 0.401. The van der Waals surface area contributed by atoms with Crippen molar-refractivity contribution in [2.45, 2.75) is 71.1 Å². The van der Waals surface area contributed by atoms with Crippen LogP contribution in [-0.2, 0) is 20.8 Å². The molecular formula is C22H33N3O5. The zero-order chi connectivity index (χ0) is 22.3. The number of nitrogens with zero attached hydrogens (tertiary/aromatic N) is 1. The van der Waals surface area contributed by atoms with Crippen LogP contribution in [0.15, 0.2) is 30.3 Å². The van der Waals surface area contributed by atoms with E-state index in [4.69, 9.17) is 0 Å². The van der Waals surface area contributed by atoms with Gasteiger partial charge in [0.15, 0.2) is 0 Å². The second kappa shape index (κ2) is 10.5. The molecule has 0 aliphatic heterocycles. The number of hydroxylamine groups is 2. The Morgan fingerprint density at radius 1 is 1.17 bits per heavy atom. The van der Waals surface area contributed by atoms with Crippen LogP contribution in [0.4, 0.5) is 0 Å².